The Morgan fingerprint density at radius 3 is 2.44 bits per heavy atom. The normalized spacial score (nSPS) is 21.4. The molecular formula is C24H29N3O6S. The van der Waals surface area contributed by atoms with Gasteiger partial charge in [-0.1, -0.05) is 6.07 Å². The van der Waals surface area contributed by atoms with Crippen LogP contribution in [0.3, 0.4) is 0 Å². The molecule has 5 rings (SSSR count). The lowest BCUT2D eigenvalue weighted by molar-refractivity contribution is -0.117. The van der Waals surface area contributed by atoms with Crippen molar-refractivity contribution in [2.75, 3.05) is 57.9 Å². The van der Waals surface area contributed by atoms with Gasteiger partial charge >= 0.3 is 0 Å². The van der Waals surface area contributed by atoms with E-state index in [0.717, 1.165) is 36.4 Å². The smallest absolute Gasteiger partial charge is 0.243 e. The fraction of sp³-hybridized carbons (Fsp3) is 0.458. The Labute approximate surface area is 199 Å². The molecule has 0 unspecified atom stereocenters. The Bertz CT molecular complexity index is 1130. The van der Waals surface area contributed by atoms with E-state index >= 15 is 0 Å². The minimum absolute atomic E-state index is 0.131. The predicted octanol–water partition coefficient (Wildman–Crippen LogP) is 2.25. The molecule has 34 heavy (non-hydrogen) atoms. The summed E-state index contributed by atoms with van der Waals surface area (Å²) in [7, 11) is -3.56. The number of amides is 1. The van der Waals surface area contributed by atoms with Gasteiger partial charge in [-0.2, -0.15) is 4.31 Å². The van der Waals surface area contributed by atoms with Gasteiger partial charge in [-0.25, -0.2) is 8.42 Å². The fourth-order valence-corrected chi connectivity index (χ4v) is 6.10. The van der Waals surface area contributed by atoms with Gasteiger partial charge in [0, 0.05) is 24.8 Å². The molecule has 182 valence electrons. The SMILES string of the molecule is O=C(CN1CCC[C@@H]1c1ccc2c(c1)OCCO2)Nc1ccc(S(=O)(=O)N2CCOCC2)cc1. The molecule has 0 saturated carbocycles. The number of hydrogen-bond acceptors (Lipinski definition) is 7. The number of carbonyl (C=O) groups excluding carboxylic acids is 1. The number of sulfonamides is 1. The largest absolute Gasteiger partial charge is 0.486 e. The first-order valence-electron chi connectivity index (χ1n) is 11.6. The van der Waals surface area contributed by atoms with Crippen LogP contribution in [0, 0.1) is 0 Å². The zero-order chi connectivity index (χ0) is 23.5. The number of morpholine rings is 1. The van der Waals surface area contributed by atoms with E-state index in [0.29, 0.717) is 45.2 Å². The highest BCUT2D eigenvalue weighted by Gasteiger charge is 2.29. The first-order chi connectivity index (χ1) is 16.5. The molecule has 9 nitrogen and oxygen atoms in total. The second-order valence-corrected chi connectivity index (χ2v) is 10.6. The fourth-order valence-electron chi connectivity index (χ4n) is 4.69. The molecule has 2 aromatic carbocycles. The summed E-state index contributed by atoms with van der Waals surface area (Å²) < 4.78 is 43.5. The van der Waals surface area contributed by atoms with Crippen molar-refractivity contribution >= 4 is 21.6 Å². The number of hydrogen-bond donors (Lipinski definition) is 1. The second kappa shape index (κ2) is 9.91. The number of fused-ring (bicyclic) bond motifs is 1. The van der Waals surface area contributed by atoms with E-state index in [-0.39, 0.29) is 23.4 Å². The molecule has 0 radical (unpaired) electrons. The zero-order valence-corrected chi connectivity index (χ0v) is 19.8. The Kier molecular flexibility index (Phi) is 6.73. The van der Waals surface area contributed by atoms with Crippen molar-refractivity contribution in [1.82, 2.24) is 9.21 Å². The highest BCUT2D eigenvalue weighted by Crippen LogP contribution is 2.38. The molecule has 2 saturated heterocycles. The van der Waals surface area contributed by atoms with Gasteiger partial charge in [0.15, 0.2) is 11.5 Å². The molecule has 2 aromatic rings. The van der Waals surface area contributed by atoms with Gasteiger partial charge in [0.25, 0.3) is 0 Å². The average Bonchev–Trinajstić information content (AvgIpc) is 3.32. The van der Waals surface area contributed by atoms with Gasteiger partial charge in [0.05, 0.1) is 24.7 Å². The number of rotatable bonds is 6. The molecular weight excluding hydrogens is 458 g/mol. The second-order valence-electron chi connectivity index (χ2n) is 8.62. The minimum Gasteiger partial charge on any atom is -0.486 e. The predicted molar refractivity (Wildman–Crippen MR) is 126 cm³/mol. The number of nitrogens with zero attached hydrogens (tertiary/aromatic N) is 2. The number of anilines is 1. The van der Waals surface area contributed by atoms with Crippen LogP contribution in [0.15, 0.2) is 47.4 Å². The van der Waals surface area contributed by atoms with E-state index in [1.165, 1.54) is 16.4 Å². The van der Waals surface area contributed by atoms with Crippen molar-refractivity contribution in [2.24, 2.45) is 0 Å². The summed E-state index contributed by atoms with van der Waals surface area (Å²) in [6, 6.07) is 12.5. The summed E-state index contributed by atoms with van der Waals surface area (Å²) >= 11 is 0. The van der Waals surface area contributed by atoms with Crippen LogP contribution in [0.2, 0.25) is 0 Å². The third-order valence-corrected chi connectivity index (χ3v) is 8.32. The topological polar surface area (TPSA) is 97.4 Å². The maximum absolute atomic E-state index is 12.8. The molecule has 1 N–H and O–H groups in total. The first-order valence-corrected chi connectivity index (χ1v) is 13.1. The van der Waals surface area contributed by atoms with Gasteiger partial charge in [-0.05, 0) is 61.3 Å². The first kappa shape index (κ1) is 23.1. The molecule has 1 amide bonds. The van der Waals surface area contributed by atoms with Crippen LogP contribution >= 0.6 is 0 Å². The third kappa shape index (κ3) is 4.90. The van der Waals surface area contributed by atoms with E-state index in [4.69, 9.17) is 14.2 Å². The van der Waals surface area contributed by atoms with Crippen LogP contribution in [-0.4, -0.2) is 76.1 Å². The standard InChI is InChI=1S/C24H29N3O6S/c28-24(25-19-4-6-20(7-5-19)34(29,30)27-10-12-31-13-11-27)17-26-9-1-2-21(26)18-3-8-22-23(16-18)33-15-14-32-22/h3-8,16,21H,1-2,9-15,17H2,(H,25,28)/t21-/m1/s1. The summed E-state index contributed by atoms with van der Waals surface area (Å²) in [5, 5.41) is 2.90. The quantitative estimate of drug-likeness (QED) is 0.668. The van der Waals surface area contributed by atoms with E-state index in [1.54, 1.807) is 12.1 Å². The Balaban J connectivity index is 1.21. The number of benzene rings is 2. The van der Waals surface area contributed by atoms with Crippen LogP contribution in [0.4, 0.5) is 5.69 Å². The van der Waals surface area contributed by atoms with Crippen molar-refractivity contribution in [3.63, 3.8) is 0 Å². The summed E-state index contributed by atoms with van der Waals surface area (Å²) in [6.45, 7) is 3.69. The van der Waals surface area contributed by atoms with Crippen LogP contribution in [0.25, 0.3) is 0 Å². The molecule has 10 heteroatoms. The van der Waals surface area contributed by atoms with Gasteiger partial charge < -0.3 is 19.5 Å². The van der Waals surface area contributed by atoms with Gasteiger partial charge in [0.1, 0.15) is 13.2 Å². The summed E-state index contributed by atoms with van der Waals surface area (Å²) in [5.41, 5.74) is 1.69. The van der Waals surface area contributed by atoms with Crippen molar-refractivity contribution in [1.29, 1.82) is 0 Å². The maximum atomic E-state index is 12.8. The number of nitrogens with one attached hydrogen (secondary N) is 1. The summed E-state index contributed by atoms with van der Waals surface area (Å²) in [5.74, 6) is 1.39. The summed E-state index contributed by atoms with van der Waals surface area (Å²) in [4.78, 5) is 15.1. The highest BCUT2D eigenvalue weighted by molar-refractivity contribution is 7.89. The van der Waals surface area contributed by atoms with Crippen LogP contribution in [0.1, 0.15) is 24.4 Å². The summed E-state index contributed by atoms with van der Waals surface area (Å²) in [6.07, 6.45) is 1.99. The van der Waals surface area contributed by atoms with Crippen molar-refractivity contribution in [3.8, 4) is 11.5 Å². The van der Waals surface area contributed by atoms with Crippen LogP contribution in [-0.2, 0) is 19.6 Å². The maximum Gasteiger partial charge on any atom is 0.243 e. The van der Waals surface area contributed by atoms with E-state index in [9.17, 15) is 13.2 Å². The molecule has 2 fully saturated rings. The molecule has 0 aromatic heterocycles. The molecule has 0 spiro atoms. The van der Waals surface area contributed by atoms with Gasteiger partial charge in [-0.15, -0.1) is 0 Å². The van der Waals surface area contributed by atoms with Gasteiger partial charge in [0.2, 0.25) is 15.9 Å². The van der Waals surface area contributed by atoms with E-state index in [1.807, 2.05) is 18.2 Å². The Hall–Kier alpha value is -2.66. The van der Waals surface area contributed by atoms with Crippen molar-refractivity contribution in [2.45, 2.75) is 23.8 Å². The Morgan fingerprint density at radius 2 is 1.68 bits per heavy atom. The molecule has 0 bridgehead atoms. The molecule has 1 atom stereocenters. The monoisotopic (exact) mass is 487 g/mol. The van der Waals surface area contributed by atoms with Crippen LogP contribution in [0.5, 0.6) is 11.5 Å². The van der Waals surface area contributed by atoms with Crippen molar-refractivity contribution in [3.05, 3.63) is 48.0 Å². The minimum atomic E-state index is -3.56. The lowest BCUT2D eigenvalue weighted by atomic mass is 10.0. The zero-order valence-electron chi connectivity index (χ0n) is 18.9. The molecule has 3 heterocycles. The molecule has 3 aliphatic rings. The lowest BCUT2D eigenvalue weighted by Gasteiger charge is -2.26. The van der Waals surface area contributed by atoms with Crippen molar-refractivity contribution < 1.29 is 27.4 Å². The van der Waals surface area contributed by atoms with Gasteiger partial charge in [-0.3, -0.25) is 9.69 Å². The van der Waals surface area contributed by atoms with Crippen LogP contribution < -0.4 is 14.8 Å². The highest BCUT2D eigenvalue weighted by atomic mass is 32.2. The molecule has 3 aliphatic heterocycles. The van der Waals surface area contributed by atoms with E-state index < -0.39 is 10.0 Å². The Morgan fingerprint density at radius 1 is 0.941 bits per heavy atom. The lowest BCUT2D eigenvalue weighted by Crippen LogP contribution is -2.40. The number of carbonyl (C=O) groups is 1. The number of likely N-dealkylation sites (tertiary alicyclic amines) is 1. The third-order valence-electron chi connectivity index (χ3n) is 6.41. The van der Waals surface area contributed by atoms with E-state index in [2.05, 4.69) is 10.2 Å². The average molecular weight is 488 g/mol. The molecule has 0 aliphatic carbocycles. The number of ether oxygens (including phenoxy) is 3.